The molecule has 2 aromatic rings. The van der Waals surface area contributed by atoms with E-state index in [1.165, 1.54) is 0 Å². The second kappa shape index (κ2) is 12.0. The molecule has 0 unspecified atom stereocenters. The van der Waals surface area contributed by atoms with Crippen LogP contribution in [0.5, 0.6) is 0 Å². The highest BCUT2D eigenvalue weighted by molar-refractivity contribution is 6.00. The van der Waals surface area contributed by atoms with Crippen molar-refractivity contribution in [2.45, 2.75) is 45.1 Å². The van der Waals surface area contributed by atoms with Crippen molar-refractivity contribution in [2.75, 3.05) is 38.7 Å². The number of anilines is 1. The van der Waals surface area contributed by atoms with Gasteiger partial charge in [0.2, 0.25) is 0 Å². The summed E-state index contributed by atoms with van der Waals surface area (Å²) in [5.41, 5.74) is 5.68. The fourth-order valence-electron chi connectivity index (χ4n) is 5.96. The molecule has 5 rings (SSSR count). The molecule has 1 aliphatic carbocycles. The highest BCUT2D eigenvalue weighted by atomic mass is 16.5. The number of carbonyl (C=O) groups excluding carboxylic acids is 2. The summed E-state index contributed by atoms with van der Waals surface area (Å²) >= 11 is 0. The number of aromatic nitrogens is 2. The van der Waals surface area contributed by atoms with Crippen LogP contribution in [0, 0.1) is 12.8 Å². The zero-order valence-electron chi connectivity index (χ0n) is 23.1. The van der Waals surface area contributed by atoms with Gasteiger partial charge in [-0.3, -0.25) is 14.3 Å². The van der Waals surface area contributed by atoms with E-state index >= 15 is 0 Å². The number of nitrogens with zero attached hydrogens (tertiary/aromatic N) is 3. The highest BCUT2D eigenvalue weighted by Crippen LogP contribution is 2.37. The summed E-state index contributed by atoms with van der Waals surface area (Å²) in [6, 6.07) is 3.98. The van der Waals surface area contributed by atoms with Gasteiger partial charge in [0.05, 0.1) is 23.5 Å². The lowest BCUT2D eigenvalue weighted by Gasteiger charge is -2.33. The van der Waals surface area contributed by atoms with Crippen molar-refractivity contribution in [2.24, 2.45) is 5.92 Å². The summed E-state index contributed by atoms with van der Waals surface area (Å²) in [4.78, 5) is 39.3. The quantitative estimate of drug-likeness (QED) is 0.481. The zero-order chi connectivity index (χ0) is 28.2. The molecule has 1 aromatic carbocycles. The maximum absolute atomic E-state index is 13.8. The van der Waals surface area contributed by atoms with Crippen molar-refractivity contribution in [1.29, 1.82) is 0 Å². The third-order valence-electron chi connectivity index (χ3n) is 8.24. The molecular formula is C31H36N4O5. The van der Waals surface area contributed by atoms with E-state index in [1.54, 1.807) is 12.3 Å². The van der Waals surface area contributed by atoms with E-state index in [0.29, 0.717) is 55.1 Å². The maximum Gasteiger partial charge on any atom is 0.331 e. The number of benzene rings is 1. The second-order valence-electron chi connectivity index (χ2n) is 10.7. The van der Waals surface area contributed by atoms with E-state index in [4.69, 9.17) is 4.74 Å². The van der Waals surface area contributed by atoms with Crippen LogP contribution >= 0.6 is 0 Å². The Morgan fingerprint density at radius 3 is 2.58 bits per heavy atom. The Bertz CT molecular complexity index is 1390. The first-order chi connectivity index (χ1) is 19.4. The van der Waals surface area contributed by atoms with Crippen molar-refractivity contribution < 1.29 is 24.2 Å². The van der Waals surface area contributed by atoms with Crippen molar-refractivity contribution in [1.82, 2.24) is 14.7 Å². The van der Waals surface area contributed by atoms with E-state index in [2.05, 4.69) is 10.4 Å². The fraction of sp³-hybridized carbons (Fsp3) is 0.419. The lowest BCUT2D eigenvalue weighted by molar-refractivity contribution is -0.132. The van der Waals surface area contributed by atoms with Crippen LogP contribution in [0.4, 0.5) is 5.69 Å². The van der Waals surface area contributed by atoms with Gasteiger partial charge >= 0.3 is 5.97 Å². The van der Waals surface area contributed by atoms with Gasteiger partial charge in [-0.1, -0.05) is 18.2 Å². The van der Waals surface area contributed by atoms with Crippen LogP contribution in [0.25, 0.3) is 11.3 Å². The first kappa shape index (κ1) is 27.6. The largest absolute Gasteiger partial charge is 0.478 e. The molecule has 210 valence electrons. The van der Waals surface area contributed by atoms with Crippen LogP contribution in [0.15, 0.2) is 53.8 Å². The third-order valence-corrected chi connectivity index (χ3v) is 8.24. The third kappa shape index (κ3) is 5.51. The molecule has 0 bridgehead atoms. The Morgan fingerprint density at radius 1 is 1.15 bits per heavy atom. The smallest absolute Gasteiger partial charge is 0.331 e. The normalized spacial score (nSPS) is 18.6. The molecule has 2 aliphatic heterocycles. The number of rotatable bonds is 7. The molecule has 2 saturated heterocycles. The van der Waals surface area contributed by atoms with Gasteiger partial charge in [0, 0.05) is 55.7 Å². The molecule has 9 heteroatoms. The molecule has 3 heterocycles. The Hall–Kier alpha value is -3.98. The maximum atomic E-state index is 13.8. The van der Waals surface area contributed by atoms with E-state index < -0.39 is 5.97 Å². The minimum absolute atomic E-state index is 0.0406. The summed E-state index contributed by atoms with van der Waals surface area (Å²) in [6.07, 6.45) is 13.6. The summed E-state index contributed by atoms with van der Waals surface area (Å²) < 4.78 is 7.46. The molecule has 0 spiro atoms. The van der Waals surface area contributed by atoms with Crippen molar-refractivity contribution >= 4 is 23.9 Å². The molecule has 0 atom stereocenters. The van der Waals surface area contributed by atoms with Gasteiger partial charge in [-0.2, -0.15) is 5.10 Å². The average molecular weight is 545 g/mol. The highest BCUT2D eigenvalue weighted by Gasteiger charge is 2.29. The van der Waals surface area contributed by atoms with Gasteiger partial charge in [-0.05, 0) is 74.3 Å². The summed E-state index contributed by atoms with van der Waals surface area (Å²) in [7, 11) is 1.84. The number of allylic oxidation sites excluding steroid dienone is 5. The number of carboxylic acid groups (broad SMARTS) is 1. The van der Waals surface area contributed by atoms with Gasteiger partial charge in [-0.25, -0.2) is 4.79 Å². The number of aryl methyl sites for hydroxylation is 1. The molecule has 9 nitrogen and oxygen atoms in total. The molecular weight excluding hydrogens is 508 g/mol. The number of nitrogens with one attached hydrogen (secondary N) is 1. The van der Waals surface area contributed by atoms with Gasteiger partial charge in [0.15, 0.2) is 6.29 Å². The number of hydrogen-bond acceptors (Lipinski definition) is 6. The topological polar surface area (TPSA) is 114 Å². The Labute approximate surface area is 234 Å². The SMILES string of the molecule is CNc1cc(C)c(C(=O)N2CCC(C3=CC=CCC(C(=O)O)=C3)CC2)cc1-c1c(C=O)cnn1C1CCOCC1. The van der Waals surface area contributed by atoms with E-state index in [0.717, 1.165) is 54.4 Å². The lowest BCUT2D eigenvalue weighted by Crippen LogP contribution is -2.39. The fourth-order valence-corrected chi connectivity index (χ4v) is 5.96. The van der Waals surface area contributed by atoms with Crippen LogP contribution < -0.4 is 5.32 Å². The predicted octanol–water partition coefficient (Wildman–Crippen LogP) is 4.81. The zero-order valence-corrected chi connectivity index (χ0v) is 23.1. The van der Waals surface area contributed by atoms with Gasteiger partial charge in [0.1, 0.15) is 0 Å². The van der Waals surface area contributed by atoms with E-state index in [1.807, 2.05) is 53.9 Å². The number of aliphatic carboxylic acids is 1. The first-order valence-corrected chi connectivity index (χ1v) is 13.9. The Kier molecular flexibility index (Phi) is 8.30. The van der Waals surface area contributed by atoms with Crippen molar-refractivity contribution in [3.05, 3.63) is 70.5 Å². The van der Waals surface area contributed by atoms with Crippen LogP contribution in [-0.4, -0.2) is 71.3 Å². The number of piperidine rings is 1. The molecule has 0 saturated carbocycles. The molecule has 1 aromatic heterocycles. The lowest BCUT2D eigenvalue weighted by atomic mass is 9.87. The number of likely N-dealkylation sites (tertiary alicyclic amines) is 1. The number of carbonyl (C=O) groups is 3. The average Bonchev–Trinajstić information content (AvgIpc) is 3.25. The van der Waals surface area contributed by atoms with Crippen molar-refractivity contribution in [3.63, 3.8) is 0 Å². The number of carboxylic acids is 1. The Morgan fingerprint density at radius 2 is 1.90 bits per heavy atom. The van der Waals surface area contributed by atoms with Gasteiger partial charge in [-0.15, -0.1) is 0 Å². The van der Waals surface area contributed by atoms with Crippen LogP contribution in [0.2, 0.25) is 0 Å². The standard InChI is InChI=1S/C31H36N4O5/c1-20-15-28(32-2)27(29-24(19-36)18-33-35(29)25-9-13-40-14-10-25)17-26(20)30(37)34-11-7-21(8-12-34)22-5-3-4-6-23(16-22)31(38)39/h3-5,15-19,21,25,32H,6-14H2,1-2H3,(H,38,39). The van der Waals surface area contributed by atoms with E-state index in [9.17, 15) is 19.5 Å². The number of ether oxygens (including phenoxy) is 1. The summed E-state index contributed by atoms with van der Waals surface area (Å²) in [5.74, 6) is -0.730. The van der Waals surface area contributed by atoms with Gasteiger partial charge in [0.25, 0.3) is 5.91 Å². The molecule has 40 heavy (non-hydrogen) atoms. The minimum atomic E-state index is -0.891. The van der Waals surface area contributed by atoms with Crippen molar-refractivity contribution in [3.8, 4) is 11.3 Å². The second-order valence-corrected chi connectivity index (χ2v) is 10.7. The number of amides is 1. The van der Waals surface area contributed by atoms with Crippen LogP contribution in [0.3, 0.4) is 0 Å². The Balaban J connectivity index is 1.41. The number of hydrogen-bond donors (Lipinski definition) is 2. The molecule has 0 radical (unpaired) electrons. The molecule has 2 fully saturated rings. The predicted molar refractivity (Wildman–Crippen MR) is 153 cm³/mol. The molecule has 1 amide bonds. The van der Waals surface area contributed by atoms with Gasteiger partial charge < -0.3 is 20.1 Å². The minimum Gasteiger partial charge on any atom is -0.478 e. The summed E-state index contributed by atoms with van der Waals surface area (Å²) in [5, 5.41) is 17.3. The molecule has 3 aliphatic rings. The monoisotopic (exact) mass is 544 g/mol. The molecule has 2 N–H and O–H groups in total. The van der Waals surface area contributed by atoms with E-state index in [-0.39, 0.29) is 17.9 Å². The van der Waals surface area contributed by atoms with Crippen LogP contribution in [0.1, 0.15) is 64.4 Å². The van der Waals surface area contributed by atoms with Crippen LogP contribution in [-0.2, 0) is 9.53 Å². The first-order valence-electron chi connectivity index (χ1n) is 13.9. The summed E-state index contributed by atoms with van der Waals surface area (Å²) in [6.45, 7) is 4.40. The number of aldehydes is 1.